The minimum Gasteiger partial charge on any atom is -0.398 e. The molecule has 0 atom stereocenters. The fraction of sp³-hybridized carbons (Fsp3) is 0.417. The van der Waals surface area contributed by atoms with Crippen LogP contribution < -0.4 is 11.1 Å². The maximum absolute atomic E-state index is 11.5. The number of amides is 1. The molecule has 0 unspecified atom stereocenters. The molecule has 0 saturated heterocycles. The lowest BCUT2D eigenvalue weighted by atomic mass is 10.3. The van der Waals surface area contributed by atoms with Crippen molar-refractivity contribution in [3.8, 4) is 0 Å². The van der Waals surface area contributed by atoms with Crippen LogP contribution in [0.5, 0.6) is 0 Å². The average molecular weight is 301 g/mol. The first-order valence-electron chi connectivity index (χ1n) is 5.56. The van der Waals surface area contributed by atoms with E-state index < -0.39 is 0 Å². The molecule has 0 bridgehead atoms. The van der Waals surface area contributed by atoms with E-state index >= 15 is 0 Å². The molecule has 1 aromatic carbocycles. The summed E-state index contributed by atoms with van der Waals surface area (Å²) in [6.45, 7) is 3.18. The van der Waals surface area contributed by atoms with Gasteiger partial charge in [0.15, 0.2) is 0 Å². The Morgan fingerprint density at radius 1 is 1.47 bits per heavy atom. The molecule has 0 heterocycles. The van der Waals surface area contributed by atoms with Gasteiger partial charge >= 0.3 is 0 Å². The minimum atomic E-state index is -0.0576. The van der Waals surface area contributed by atoms with Crippen LogP contribution in [-0.4, -0.2) is 19.1 Å². The number of carbonyl (C=O) groups excluding carboxylic acids is 1. The standard InChI is InChI=1S/C12H17BrN2O2/c1-2-6-17-7-5-12(16)15-9-3-4-11(14)10(13)8-9/h3-4,8H,2,5-7,14H2,1H3,(H,15,16). The van der Waals surface area contributed by atoms with E-state index in [2.05, 4.69) is 21.2 Å². The van der Waals surface area contributed by atoms with E-state index in [4.69, 9.17) is 10.5 Å². The highest BCUT2D eigenvalue weighted by atomic mass is 79.9. The van der Waals surface area contributed by atoms with E-state index in [0.717, 1.165) is 16.6 Å². The molecule has 0 spiro atoms. The first kappa shape index (κ1) is 14.0. The van der Waals surface area contributed by atoms with E-state index in [1.807, 2.05) is 6.92 Å². The first-order chi connectivity index (χ1) is 8.13. The lowest BCUT2D eigenvalue weighted by molar-refractivity contribution is -0.117. The van der Waals surface area contributed by atoms with Crippen molar-refractivity contribution in [1.29, 1.82) is 0 Å². The molecule has 3 N–H and O–H groups in total. The Morgan fingerprint density at radius 2 is 2.24 bits per heavy atom. The molecular weight excluding hydrogens is 284 g/mol. The number of carbonyl (C=O) groups is 1. The zero-order chi connectivity index (χ0) is 12.7. The van der Waals surface area contributed by atoms with Gasteiger partial charge < -0.3 is 15.8 Å². The normalized spacial score (nSPS) is 10.2. The van der Waals surface area contributed by atoms with Gasteiger partial charge in [0, 0.05) is 22.5 Å². The first-order valence-corrected chi connectivity index (χ1v) is 6.35. The molecule has 94 valence electrons. The van der Waals surface area contributed by atoms with Gasteiger partial charge in [-0.15, -0.1) is 0 Å². The van der Waals surface area contributed by atoms with Crippen molar-refractivity contribution in [2.45, 2.75) is 19.8 Å². The third-order valence-electron chi connectivity index (χ3n) is 2.11. The molecule has 0 aliphatic carbocycles. The highest BCUT2D eigenvalue weighted by Gasteiger charge is 2.03. The second kappa shape index (κ2) is 7.29. The smallest absolute Gasteiger partial charge is 0.226 e. The van der Waals surface area contributed by atoms with Crippen molar-refractivity contribution >= 4 is 33.2 Å². The zero-order valence-electron chi connectivity index (χ0n) is 9.83. The van der Waals surface area contributed by atoms with Crippen LogP contribution in [0, 0.1) is 0 Å². The molecule has 0 saturated carbocycles. The van der Waals surface area contributed by atoms with Gasteiger partial charge in [-0.25, -0.2) is 0 Å². The van der Waals surface area contributed by atoms with Crippen molar-refractivity contribution in [2.75, 3.05) is 24.3 Å². The summed E-state index contributed by atoms with van der Waals surface area (Å²) >= 11 is 3.31. The van der Waals surface area contributed by atoms with Crippen LogP contribution in [0.4, 0.5) is 11.4 Å². The summed E-state index contributed by atoms with van der Waals surface area (Å²) in [5, 5.41) is 2.78. The Kier molecular flexibility index (Phi) is 6.00. The molecule has 0 aliphatic heterocycles. The summed E-state index contributed by atoms with van der Waals surface area (Å²) in [4.78, 5) is 11.5. The fourth-order valence-electron chi connectivity index (χ4n) is 1.24. The van der Waals surface area contributed by atoms with Gasteiger partial charge in [-0.2, -0.15) is 0 Å². The third-order valence-corrected chi connectivity index (χ3v) is 2.79. The Balaban J connectivity index is 2.37. The number of benzene rings is 1. The number of anilines is 2. The molecule has 1 amide bonds. The van der Waals surface area contributed by atoms with Crippen molar-refractivity contribution in [1.82, 2.24) is 0 Å². The Labute approximate surface area is 110 Å². The van der Waals surface area contributed by atoms with Gasteiger partial charge in [-0.3, -0.25) is 4.79 Å². The lowest BCUT2D eigenvalue weighted by Gasteiger charge is -2.07. The highest BCUT2D eigenvalue weighted by molar-refractivity contribution is 9.10. The molecule has 0 radical (unpaired) electrons. The number of halogens is 1. The van der Waals surface area contributed by atoms with E-state index in [-0.39, 0.29) is 5.91 Å². The maximum Gasteiger partial charge on any atom is 0.226 e. The van der Waals surface area contributed by atoms with Crippen LogP contribution in [-0.2, 0) is 9.53 Å². The van der Waals surface area contributed by atoms with Crippen molar-refractivity contribution < 1.29 is 9.53 Å². The molecule has 1 aromatic rings. The molecular formula is C12H17BrN2O2. The SMILES string of the molecule is CCCOCCC(=O)Nc1ccc(N)c(Br)c1. The van der Waals surface area contributed by atoms with Crippen molar-refractivity contribution in [2.24, 2.45) is 0 Å². The summed E-state index contributed by atoms with van der Waals surface area (Å²) in [6.07, 6.45) is 1.33. The van der Waals surface area contributed by atoms with E-state index in [1.165, 1.54) is 0 Å². The largest absolute Gasteiger partial charge is 0.398 e. The number of hydrogen-bond donors (Lipinski definition) is 2. The Bertz CT molecular complexity index is 383. The minimum absolute atomic E-state index is 0.0576. The molecule has 0 aliphatic rings. The van der Waals surface area contributed by atoms with Crippen molar-refractivity contribution in [3.05, 3.63) is 22.7 Å². The van der Waals surface area contributed by atoms with Crippen LogP contribution in [0.15, 0.2) is 22.7 Å². The molecule has 1 rings (SSSR count). The average Bonchev–Trinajstić information content (AvgIpc) is 2.30. The summed E-state index contributed by atoms with van der Waals surface area (Å²) in [6, 6.07) is 5.29. The summed E-state index contributed by atoms with van der Waals surface area (Å²) in [5.74, 6) is -0.0576. The van der Waals surface area contributed by atoms with Crippen LogP contribution in [0.25, 0.3) is 0 Å². The number of nitrogens with two attached hydrogens (primary N) is 1. The number of rotatable bonds is 6. The fourth-order valence-corrected chi connectivity index (χ4v) is 1.62. The van der Waals surface area contributed by atoms with Gasteiger partial charge in [0.05, 0.1) is 13.0 Å². The zero-order valence-corrected chi connectivity index (χ0v) is 11.4. The van der Waals surface area contributed by atoms with Crippen molar-refractivity contribution in [3.63, 3.8) is 0 Å². The third kappa shape index (κ3) is 5.19. The molecule has 0 aromatic heterocycles. The predicted molar refractivity (Wildman–Crippen MR) is 72.9 cm³/mol. The van der Waals surface area contributed by atoms with Crippen LogP contribution in [0.3, 0.4) is 0 Å². The number of ether oxygens (including phenoxy) is 1. The summed E-state index contributed by atoms with van der Waals surface area (Å²) in [5.41, 5.74) is 7.03. The number of hydrogen-bond acceptors (Lipinski definition) is 3. The number of nitrogen functional groups attached to an aromatic ring is 1. The predicted octanol–water partition coefficient (Wildman–Crippen LogP) is 2.79. The van der Waals surface area contributed by atoms with Crippen LogP contribution >= 0.6 is 15.9 Å². The quantitative estimate of drug-likeness (QED) is 0.627. The summed E-state index contributed by atoms with van der Waals surface area (Å²) < 4.78 is 6.02. The van der Waals surface area contributed by atoms with Gasteiger partial charge in [0.2, 0.25) is 5.91 Å². The Hall–Kier alpha value is -1.07. The Morgan fingerprint density at radius 3 is 2.88 bits per heavy atom. The topological polar surface area (TPSA) is 64.3 Å². The van der Waals surface area contributed by atoms with Crippen LogP contribution in [0.1, 0.15) is 19.8 Å². The van der Waals surface area contributed by atoms with Crippen LogP contribution in [0.2, 0.25) is 0 Å². The highest BCUT2D eigenvalue weighted by Crippen LogP contribution is 2.23. The van der Waals surface area contributed by atoms with Gasteiger partial charge in [0.25, 0.3) is 0 Å². The molecule has 5 heteroatoms. The monoisotopic (exact) mass is 300 g/mol. The molecule has 17 heavy (non-hydrogen) atoms. The van der Waals surface area contributed by atoms with E-state index in [9.17, 15) is 4.79 Å². The van der Waals surface area contributed by atoms with E-state index in [1.54, 1.807) is 18.2 Å². The number of nitrogens with one attached hydrogen (secondary N) is 1. The second-order valence-electron chi connectivity index (χ2n) is 3.65. The van der Waals surface area contributed by atoms with Gasteiger partial charge in [-0.05, 0) is 40.5 Å². The second-order valence-corrected chi connectivity index (χ2v) is 4.50. The van der Waals surface area contributed by atoms with Gasteiger partial charge in [0.1, 0.15) is 0 Å². The van der Waals surface area contributed by atoms with Gasteiger partial charge in [-0.1, -0.05) is 6.92 Å². The lowest BCUT2D eigenvalue weighted by Crippen LogP contribution is -2.14. The molecule has 0 fully saturated rings. The van der Waals surface area contributed by atoms with E-state index in [0.29, 0.717) is 25.3 Å². The summed E-state index contributed by atoms with van der Waals surface area (Å²) in [7, 11) is 0. The molecule has 4 nitrogen and oxygen atoms in total. The maximum atomic E-state index is 11.5.